The van der Waals surface area contributed by atoms with Crippen molar-refractivity contribution >= 4 is 5.96 Å². The van der Waals surface area contributed by atoms with Gasteiger partial charge in [0, 0.05) is 24.8 Å². The van der Waals surface area contributed by atoms with E-state index in [0.29, 0.717) is 19.1 Å². The van der Waals surface area contributed by atoms with E-state index >= 15 is 0 Å². The van der Waals surface area contributed by atoms with Crippen LogP contribution in [0.5, 0.6) is 0 Å². The number of pyridine rings is 1. The minimum absolute atomic E-state index is 0.0234. The van der Waals surface area contributed by atoms with Crippen LogP contribution in [0, 0.1) is 0 Å². The SMILES string of the molecule is CCNC(=NCc1ccc(Cn2ccccc2=O)cc1)NC1CCCCC1. The normalized spacial score (nSPS) is 15.5. The summed E-state index contributed by atoms with van der Waals surface area (Å²) in [6.45, 7) is 4.20. The van der Waals surface area contributed by atoms with E-state index in [-0.39, 0.29) is 5.56 Å². The van der Waals surface area contributed by atoms with Crippen LogP contribution in [0.15, 0.2) is 58.4 Å². The number of nitrogens with zero attached hydrogens (tertiary/aromatic N) is 2. The quantitative estimate of drug-likeness (QED) is 0.609. The summed E-state index contributed by atoms with van der Waals surface area (Å²) in [4.78, 5) is 16.6. The summed E-state index contributed by atoms with van der Waals surface area (Å²) >= 11 is 0. The Hall–Kier alpha value is -2.56. The molecule has 1 saturated carbocycles. The molecule has 5 nitrogen and oxygen atoms in total. The average Bonchev–Trinajstić information content (AvgIpc) is 2.70. The standard InChI is InChI=1S/C22H30N4O/c1-2-23-22(25-20-8-4-3-5-9-20)24-16-18-11-13-19(14-12-18)17-26-15-7-6-10-21(26)27/h6-7,10-15,20H,2-5,8-9,16-17H2,1H3,(H2,23,24,25). The molecular formula is C22H30N4O. The number of hydrogen-bond donors (Lipinski definition) is 2. The summed E-state index contributed by atoms with van der Waals surface area (Å²) in [6.07, 6.45) is 8.26. The molecule has 0 aliphatic heterocycles. The van der Waals surface area contributed by atoms with Gasteiger partial charge >= 0.3 is 0 Å². The van der Waals surface area contributed by atoms with Crippen LogP contribution in [-0.4, -0.2) is 23.1 Å². The highest BCUT2D eigenvalue weighted by Crippen LogP contribution is 2.17. The van der Waals surface area contributed by atoms with E-state index in [9.17, 15) is 4.79 Å². The topological polar surface area (TPSA) is 58.4 Å². The maximum atomic E-state index is 11.8. The lowest BCUT2D eigenvalue weighted by atomic mass is 9.96. The van der Waals surface area contributed by atoms with Crippen LogP contribution < -0.4 is 16.2 Å². The van der Waals surface area contributed by atoms with Crippen LogP contribution >= 0.6 is 0 Å². The molecule has 27 heavy (non-hydrogen) atoms. The number of hydrogen-bond acceptors (Lipinski definition) is 2. The molecule has 0 atom stereocenters. The number of guanidine groups is 1. The van der Waals surface area contributed by atoms with Crippen LogP contribution in [0.1, 0.15) is 50.2 Å². The highest BCUT2D eigenvalue weighted by molar-refractivity contribution is 5.80. The van der Waals surface area contributed by atoms with Gasteiger partial charge in [-0.2, -0.15) is 0 Å². The van der Waals surface area contributed by atoms with Crippen molar-refractivity contribution < 1.29 is 0 Å². The number of nitrogens with one attached hydrogen (secondary N) is 2. The second kappa shape index (κ2) is 9.95. The third kappa shape index (κ3) is 5.98. The van der Waals surface area contributed by atoms with Crippen LogP contribution in [0.3, 0.4) is 0 Å². The van der Waals surface area contributed by atoms with E-state index in [4.69, 9.17) is 4.99 Å². The maximum Gasteiger partial charge on any atom is 0.250 e. The van der Waals surface area contributed by atoms with E-state index in [2.05, 4.69) is 41.8 Å². The molecule has 1 heterocycles. The molecule has 1 aliphatic carbocycles. The lowest BCUT2D eigenvalue weighted by Gasteiger charge is -2.24. The first kappa shape index (κ1) is 19.2. The number of aromatic nitrogens is 1. The second-order valence-electron chi connectivity index (χ2n) is 7.16. The predicted octanol–water partition coefficient (Wildman–Crippen LogP) is 3.28. The Kier molecular flexibility index (Phi) is 7.08. The number of rotatable bonds is 6. The van der Waals surface area contributed by atoms with Gasteiger partial charge in [0.15, 0.2) is 5.96 Å². The van der Waals surface area contributed by atoms with Crippen molar-refractivity contribution in [2.75, 3.05) is 6.54 Å². The smallest absolute Gasteiger partial charge is 0.250 e. The van der Waals surface area contributed by atoms with Gasteiger partial charge in [0.2, 0.25) is 0 Å². The third-order valence-corrected chi connectivity index (χ3v) is 4.98. The summed E-state index contributed by atoms with van der Waals surface area (Å²) in [7, 11) is 0. The Bertz CT molecular complexity index is 788. The van der Waals surface area contributed by atoms with Gasteiger partial charge in [-0.3, -0.25) is 4.79 Å². The van der Waals surface area contributed by atoms with E-state index in [1.165, 1.54) is 37.7 Å². The average molecular weight is 367 g/mol. The van der Waals surface area contributed by atoms with Crippen molar-refractivity contribution in [3.63, 3.8) is 0 Å². The van der Waals surface area contributed by atoms with Gasteiger partial charge in [-0.25, -0.2) is 4.99 Å². The Labute approximate surface area is 161 Å². The molecule has 1 aliphatic rings. The van der Waals surface area contributed by atoms with Gasteiger partial charge in [-0.15, -0.1) is 0 Å². The summed E-state index contributed by atoms with van der Waals surface area (Å²) in [5.41, 5.74) is 2.30. The van der Waals surface area contributed by atoms with E-state index in [1.54, 1.807) is 16.7 Å². The van der Waals surface area contributed by atoms with Crippen LogP contribution in [0.2, 0.25) is 0 Å². The van der Waals surface area contributed by atoms with Gasteiger partial charge < -0.3 is 15.2 Å². The van der Waals surface area contributed by atoms with Gasteiger partial charge in [0.05, 0.1) is 13.1 Å². The minimum Gasteiger partial charge on any atom is -0.357 e. The summed E-state index contributed by atoms with van der Waals surface area (Å²) in [5, 5.41) is 6.93. The lowest BCUT2D eigenvalue weighted by Crippen LogP contribution is -2.44. The molecule has 0 amide bonds. The molecule has 144 valence electrons. The molecule has 0 saturated heterocycles. The predicted molar refractivity (Wildman–Crippen MR) is 111 cm³/mol. The molecule has 0 spiro atoms. The van der Waals surface area contributed by atoms with Crippen LogP contribution in [0.4, 0.5) is 0 Å². The van der Waals surface area contributed by atoms with E-state index < -0.39 is 0 Å². The highest BCUT2D eigenvalue weighted by atomic mass is 16.1. The monoisotopic (exact) mass is 366 g/mol. The lowest BCUT2D eigenvalue weighted by molar-refractivity contribution is 0.410. The van der Waals surface area contributed by atoms with E-state index in [1.807, 2.05) is 12.3 Å². The van der Waals surface area contributed by atoms with Gasteiger partial charge in [0.1, 0.15) is 0 Å². The second-order valence-corrected chi connectivity index (χ2v) is 7.16. The largest absolute Gasteiger partial charge is 0.357 e. The minimum atomic E-state index is 0.0234. The molecule has 0 bridgehead atoms. The Morgan fingerprint density at radius 1 is 1.07 bits per heavy atom. The fraction of sp³-hybridized carbons (Fsp3) is 0.455. The molecule has 5 heteroatoms. The Balaban J connectivity index is 1.59. The summed E-state index contributed by atoms with van der Waals surface area (Å²) in [6, 6.07) is 14.1. The van der Waals surface area contributed by atoms with Crippen molar-refractivity contribution in [3.05, 3.63) is 70.1 Å². The zero-order valence-corrected chi connectivity index (χ0v) is 16.2. The van der Waals surface area contributed by atoms with Gasteiger partial charge in [-0.05, 0) is 37.0 Å². The molecule has 2 N–H and O–H groups in total. The molecule has 0 unspecified atom stereocenters. The highest BCUT2D eigenvalue weighted by Gasteiger charge is 2.14. The summed E-state index contributed by atoms with van der Waals surface area (Å²) < 4.78 is 1.71. The van der Waals surface area contributed by atoms with Gasteiger partial charge in [0.25, 0.3) is 5.56 Å². The number of aliphatic imine (C=N–C) groups is 1. The van der Waals surface area contributed by atoms with Crippen LogP contribution in [0.25, 0.3) is 0 Å². The van der Waals surface area contributed by atoms with Crippen LogP contribution in [-0.2, 0) is 13.1 Å². The first-order valence-corrected chi connectivity index (χ1v) is 10.0. The Morgan fingerprint density at radius 2 is 1.81 bits per heavy atom. The maximum absolute atomic E-state index is 11.8. The van der Waals surface area contributed by atoms with Crippen molar-refractivity contribution in [1.82, 2.24) is 15.2 Å². The fourth-order valence-electron chi connectivity index (χ4n) is 3.47. The molecule has 1 aromatic carbocycles. The first-order chi connectivity index (χ1) is 13.2. The molecule has 2 aromatic rings. The first-order valence-electron chi connectivity index (χ1n) is 10.0. The van der Waals surface area contributed by atoms with Crippen molar-refractivity contribution in [3.8, 4) is 0 Å². The van der Waals surface area contributed by atoms with Gasteiger partial charge in [-0.1, -0.05) is 49.6 Å². The zero-order valence-electron chi connectivity index (χ0n) is 16.2. The zero-order chi connectivity index (χ0) is 18.9. The summed E-state index contributed by atoms with van der Waals surface area (Å²) in [5.74, 6) is 0.907. The Morgan fingerprint density at radius 3 is 2.52 bits per heavy atom. The molecular weight excluding hydrogens is 336 g/mol. The van der Waals surface area contributed by atoms with E-state index in [0.717, 1.165) is 18.1 Å². The fourth-order valence-corrected chi connectivity index (χ4v) is 3.47. The van der Waals surface area contributed by atoms with Crippen molar-refractivity contribution in [2.24, 2.45) is 4.99 Å². The molecule has 3 rings (SSSR count). The third-order valence-electron chi connectivity index (χ3n) is 4.98. The van der Waals surface area contributed by atoms with Crippen molar-refractivity contribution in [1.29, 1.82) is 0 Å². The van der Waals surface area contributed by atoms with Crippen molar-refractivity contribution in [2.45, 2.75) is 58.2 Å². The number of benzene rings is 1. The molecule has 0 radical (unpaired) electrons. The molecule has 1 aromatic heterocycles. The molecule has 1 fully saturated rings.